The number of nitrogens with zero attached hydrogens (tertiary/aromatic N) is 1. The number of nitrogens with two attached hydrogens (primary N) is 1. The molecule has 118 valence electrons. The van der Waals surface area contributed by atoms with Crippen LogP contribution in [0.15, 0.2) is 27.6 Å². The number of methoxy groups -OCH3 is 1. The van der Waals surface area contributed by atoms with E-state index in [9.17, 15) is 8.42 Å². The Morgan fingerprint density at radius 3 is 2.76 bits per heavy atom. The summed E-state index contributed by atoms with van der Waals surface area (Å²) >= 11 is 3.39. The molecule has 0 spiro atoms. The Morgan fingerprint density at radius 2 is 2.19 bits per heavy atom. The highest BCUT2D eigenvalue weighted by atomic mass is 79.9. The van der Waals surface area contributed by atoms with Gasteiger partial charge in [0.2, 0.25) is 10.0 Å². The quantitative estimate of drug-likeness (QED) is 0.870. The van der Waals surface area contributed by atoms with E-state index >= 15 is 0 Å². The minimum absolute atomic E-state index is 0.0802. The molecule has 2 atom stereocenters. The highest BCUT2D eigenvalue weighted by Crippen LogP contribution is 2.28. The van der Waals surface area contributed by atoms with E-state index in [1.807, 2.05) is 6.92 Å². The van der Waals surface area contributed by atoms with Crippen molar-refractivity contribution in [2.75, 3.05) is 20.2 Å². The van der Waals surface area contributed by atoms with Gasteiger partial charge in [-0.15, -0.1) is 0 Å². The molecule has 1 aromatic rings. The summed E-state index contributed by atoms with van der Waals surface area (Å²) in [5.41, 5.74) is 6.67. The topological polar surface area (TPSA) is 72.6 Å². The molecule has 1 saturated heterocycles. The van der Waals surface area contributed by atoms with Crippen LogP contribution in [0.3, 0.4) is 0 Å². The first-order valence-electron chi connectivity index (χ1n) is 6.91. The number of benzene rings is 1. The van der Waals surface area contributed by atoms with E-state index < -0.39 is 10.0 Å². The highest BCUT2D eigenvalue weighted by Gasteiger charge is 2.36. The van der Waals surface area contributed by atoms with Crippen molar-refractivity contribution in [3.8, 4) is 0 Å². The van der Waals surface area contributed by atoms with Crippen LogP contribution in [-0.2, 0) is 14.8 Å². The molecule has 0 amide bonds. The largest absolute Gasteiger partial charge is 0.381 e. The van der Waals surface area contributed by atoms with Crippen molar-refractivity contribution < 1.29 is 13.2 Å². The van der Waals surface area contributed by atoms with Crippen molar-refractivity contribution in [1.29, 1.82) is 0 Å². The van der Waals surface area contributed by atoms with Crippen LogP contribution >= 0.6 is 15.9 Å². The van der Waals surface area contributed by atoms with Gasteiger partial charge in [-0.2, -0.15) is 4.31 Å². The monoisotopic (exact) mass is 376 g/mol. The Hall–Kier alpha value is -0.470. The third-order valence-corrected chi connectivity index (χ3v) is 6.79. The summed E-state index contributed by atoms with van der Waals surface area (Å²) in [6.07, 6.45) is 1.42. The second-order valence-electron chi connectivity index (χ2n) is 5.30. The van der Waals surface area contributed by atoms with Gasteiger partial charge in [0.1, 0.15) is 0 Å². The van der Waals surface area contributed by atoms with E-state index in [4.69, 9.17) is 10.5 Å². The molecular weight excluding hydrogens is 356 g/mol. The number of halogens is 1. The molecule has 0 aromatic heterocycles. The molecule has 5 nitrogen and oxygen atoms in total. The average Bonchev–Trinajstić information content (AvgIpc) is 2.49. The first-order valence-corrected chi connectivity index (χ1v) is 9.14. The highest BCUT2D eigenvalue weighted by molar-refractivity contribution is 9.10. The number of hydrogen-bond donors (Lipinski definition) is 1. The summed E-state index contributed by atoms with van der Waals surface area (Å²) < 4.78 is 33.4. The van der Waals surface area contributed by atoms with Gasteiger partial charge in [0.25, 0.3) is 0 Å². The standard InChI is InChI=1S/C14H21BrN2O3S/c1-10-7-13(3-4-14(10)15)21(18,19)17-6-5-12(20-2)8-11(17)9-16/h3-4,7,11-12H,5-6,8-9,16H2,1-2H3. The fourth-order valence-electron chi connectivity index (χ4n) is 2.65. The van der Waals surface area contributed by atoms with E-state index in [0.29, 0.717) is 30.8 Å². The van der Waals surface area contributed by atoms with Crippen LogP contribution < -0.4 is 5.73 Å². The molecule has 1 aliphatic rings. The van der Waals surface area contributed by atoms with Gasteiger partial charge >= 0.3 is 0 Å². The normalized spacial score (nSPS) is 24.2. The number of sulfonamides is 1. The van der Waals surface area contributed by atoms with Crippen LogP contribution in [-0.4, -0.2) is 45.1 Å². The van der Waals surface area contributed by atoms with Crippen LogP contribution in [0.2, 0.25) is 0 Å². The van der Waals surface area contributed by atoms with E-state index in [1.165, 1.54) is 4.31 Å². The van der Waals surface area contributed by atoms with Gasteiger partial charge in [-0.05, 0) is 43.5 Å². The van der Waals surface area contributed by atoms with Crippen LogP contribution in [0, 0.1) is 6.92 Å². The molecule has 2 N–H and O–H groups in total. The maximum atomic E-state index is 12.8. The molecule has 1 aliphatic heterocycles. The lowest BCUT2D eigenvalue weighted by Gasteiger charge is -2.37. The molecule has 21 heavy (non-hydrogen) atoms. The lowest BCUT2D eigenvalue weighted by Crippen LogP contribution is -2.51. The van der Waals surface area contributed by atoms with Gasteiger partial charge in [-0.25, -0.2) is 8.42 Å². The lowest BCUT2D eigenvalue weighted by atomic mass is 10.0. The fourth-order valence-corrected chi connectivity index (χ4v) is 4.64. The fraction of sp³-hybridized carbons (Fsp3) is 0.571. The van der Waals surface area contributed by atoms with Crippen molar-refractivity contribution in [3.05, 3.63) is 28.2 Å². The molecule has 0 bridgehead atoms. The minimum Gasteiger partial charge on any atom is -0.381 e. The summed E-state index contributed by atoms with van der Waals surface area (Å²) in [5.74, 6) is 0. The van der Waals surface area contributed by atoms with Gasteiger partial charge in [-0.1, -0.05) is 15.9 Å². The smallest absolute Gasteiger partial charge is 0.243 e. The Bertz CT molecular complexity index is 606. The zero-order chi connectivity index (χ0) is 15.6. The molecule has 0 saturated carbocycles. The first kappa shape index (κ1) is 16.9. The van der Waals surface area contributed by atoms with Gasteiger partial charge in [0, 0.05) is 30.7 Å². The SMILES string of the molecule is COC1CCN(S(=O)(=O)c2ccc(Br)c(C)c2)C(CN)C1. The molecule has 7 heteroatoms. The Kier molecular flexibility index (Phi) is 5.43. The van der Waals surface area contributed by atoms with E-state index in [0.717, 1.165) is 10.0 Å². The van der Waals surface area contributed by atoms with Crippen LogP contribution in [0.5, 0.6) is 0 Å². The second kappa shape index (κ2) is 6.75. The Balaban J connectivity index is 2.31. The molecule has 0 radical (unpaired) electrons. The van der Waals surface area contributed by atoms with Crippen molar-refractivity contribution in [2.24, 2.45) is 5.73 Å². The molecule has 2 rings (SSSR count). The second-order valence-corrected chi connectivity index (χ2v) is 8.04. The summed E-state index contributed by atoms with van der Waals surface area (Å²) in [4.78, 5) is 0.317. The summed E-state index contributed by atoms with van der Waals surface area (Å²) in [6.45, 7) is 2.62. The van der Waals surface area contributed by atoms with Gasteiger partial charge in [-0.3, -0.25) is 0 Å². The van der Waals surface area contributed by atoms with Gasteiger partial charge < -0.3 is 10.5 Å². The molecule has 1 fully saturated rings. The predicted octanol–water partition coefficient (Wildman–Crippen LogP) is 1.88. The summed E-state index contributed by atoms with van der Waals surface area (Å²) in [7, 11) is -1.86. The average molecular weight is 377 g/mol. The zero-order valence-electron chi connectivity index (χ0n) is 12.3. The molecular formula is C14H21BrN2O3S. The molecule has 1 heterocycles. The Morgan fingerprint density at radius 1 is 1.48 bits per heavy atom. The molecule has 0 aliphatic carbocycles. The number of piperidine rings is 1. The Labute approximate surface area is 134 Å². The third-order valence-electron chi connectivity index (χ3n) is 3.96. The van der Waals surface area contributed by atoms with Gasteiger partial charge in [0.15, 0.2) is 0 Å². The van der Waals surface area contributed by atoms with E-state index in [-0.39, 0.29) is 12.1 Å². The van der Waals surface area contributed by atoms with Crippen molar-refractivity contribution >= 4 is 26.0 Å². The number of hydrogen-bond acceptors (Lipinski definition) is 4. The number of rotatable bonds is 4. The van der Waals surface area contributed by atoms with Crippen molar-refractivity contribution in [3.63, 3.8) is 0 Å². The summed E-state index contributed by atoms with van der Waals surface area (Å²) in [5, 5.41) is 0. The molecule has 2 unspecified atom stereocenters. The van der Waals surface area contributed by atoms with Crippen LogP contribution in [0.4, 0.5) is 0 Å². The maximum Gasteiger partial charge on any atom is 0.243 e. The van der Waals surface area contributed by atoms with Gasteiger partial charge in [0.05, 0.1) is 11.0 Å². The maximum absolute atomic E-state index is 12.8. The summed E-state index contributed by atoms with van der Waals surface area (Å²) in [6, 6.07) is 4.87. The van der Waals surface area contributed by atoms with E-state index in [2.05, 4.69) is 15.9 Å². The van der Waals surface area contributed by atoms with E-state index in [1.54, 1.807) is 25.3 Å². The lowest BCUT2D eigenvalue weighted by molar-refractivity contribution is 0.0401. The number of aryl methyl sites for hydroxylation is 1. The van der Waals surface area contributed by atoms with Crippen LogP contribution in [0.1, 0.15) is 18.4 Å². The molecule has 1 aromatic carbocycles. The van der Waals surface area contributed by atoms with Crippen molar-refractivity contribution in [2.45, 2.75) is 36.8 Å². The predicted molar refractivity (Wildman–Crippen MR) is 85.6 cm³/mol. The number of ether oxygens (including phenoxy) is 1. The van der Waals surface area contributed by atoms with Crippen molar-refractivity contribution in [1.82, 2.24) is 4.31 Å². The zero-order valence-corrected chi connectivity index (χ0v) is 14.7. The third kappa shape index (κ3) is 3.48. The minimum atomic E-state index is -3.52. The van der Waals surface area contributed by atoms with Crippen LogP contribution in [0.25, 0.3) is 0 Å². The first-order chi connectivity index (χ1) is 9.90.